The van der Waals surface area contributed by atoms with Crippen LogP contribution in [0, 0.1) is 35.0 Å². The van der Waals surface area contributed by atoms with E-state index in [2.05, 4.69) is 27.7 Å². The van der Waals surface area contributed by atoms with Gasteiger partial charge in [0.05, 0.1) is 5.92 Å². The maximum Gasteiger partial charge on any atom is 0.309 e. The van der Waals surface area contributed by atoms with E-state index in [9.17, 15) is 4.79 Å². The number of carbonyl (C=O) groups excluding carboxylic acids is 1. The van der Waals surface area contributed by atoms with Gasteiger partial charge in [-0.05, 0) is 24.2 Å². The predicted octanol–water partition coefficient (Wildman–Crippen LogP) is 2.48. The molecule has 1 aliphatic heterocycles. The van der Waals surface area contributed by atoms with Gasteiger partial charge in [-0.25, -0.2) is 0 Å². The van der Waals surface area contributed by atoms with Crippen molar-refractivity contribution in [1.82, 2.24) is 0 Å². The van der Waals surface area contributed by atoms with Gasteiger partial charge >= 0.3 is 5.97 Å². The summed E-state index contributed by atoms with van der Waals surface area (Å²) in [5, 5.41) is 0. The van der Waals surface area contributed by atoms with Crippen LogP contribution in [0.1, 0.15) is 34.1 Å². The van der Waals surface area contributed by atoms with Gasteiger partial charge in [0.2, 0.25) is 0 Å². The van der Waals surface area contributed by atoms with Crippen LogP contribution in [-0.2, 0) is 9.53 Å². The third kappa shape index (κ3) is 0.857. The Labute approximate surface area is 91.4 Å². The van der Waals surface area contributed by atoms with Gasteiger partial charge < -0.3 is 4.74 Å². The third-order valence-corrected chi connectivity index (χ3v) is 5.75. The molecule has 0 aromatic carbocycles. The minimum Gasteiger partial charge on any atom is -0.461 e. The van der Waals surface area contributed by atoms with Crippen molar-refractivity contribution in [2.75, 3.05) is 0 Å². The van der Waals surface area contributed by atoms with Crippen LogP contribution in [0.4, 0.5) is 0 Å². The molecule has 84 valence electrons. The van der Waals surface area contributed by atoms with E-state index in [-0.39, 0.29) is 23.4 Å². The molecule has 3 rings (SSSR count). The molecule has 0 radical (unpaired) electrons. The average Bonchev–Trinajstić information content (AvgIpc) is 2.71. The molecule has 0 N–H and O–H groups in total. The fourth-order valence-corrected chi connectivity index (χ4v) is 4.66. The third-order valence-electron chi connectivity index (χ3n) is 5.75. The smallest absolute Gasteiger partial charge is 0.309 e. The van der Waals surface area contributed by atoms with Gasteiger partial charge in [0, 0.05) is 11.3 Å². The first kappa shape index (κ1) is 9.68. The highest BCUT2D eigenvalue weighted by Gasteiger charge is 2.70. The van der Waals surface area contributed by atoms with E-state index >= 15 is 0 Å². The summed E-state index contributed by atoms with van der Waals surface area (Å²) < 4.78 is 5.65. The summed E-state index contributed by atoms with van der Waals surface area (Å²) in [6.45, 7) is 9.13. The Hall–Kier alpha value is -0.530. The summed E-state index contributed by atoms with van der Waals surface area (Å²) in [5.41, 5.74) is 0.229. The Bertz CT molecular complexity index is 322. The van der Waals surface area contributed by atoms with Gasteiger partial charge in [0.15, 0.2) is 0 Å². The topological polar surface area (TPSA) is 26.3 Å². The molecule has 6 atom stereocenters. The van der Waals surface area contributed by atoms with Crippen molar-refractivity contribution >= 4 is 5.97 Å². The first-order valence-electron chi connectivity index (χ1n) is 6.18. The molecule has 0 aromatic heterocycles. The highest BCUT2D eigenvalue weighted by atomic mass is 16.6. The Kier molecular flexibility index (Phi) is 1.67. The second-order valence-corrected chi connectivity index (χ2v) is 6.27. The molecule has 2 heteroatoms. The van der Waals surface area contributed by atoms with Crippen LogP contribution in [-0.4, -0.2) is 12.1 Å². The van der Waals surface area contributed by atoms with Gasteiger partial charge in [-0.2, -0.15) is 0 Å². The van der Waals surface area contributed by atoms with Crippen molar-refractivity contribution in [3.8, 4) is 0 Å². The zero-order chi connectivity index (χ0) is 11.0. The molecule has 15 heavy (non-hydrogen) atoms. The van der Waals surface area contributed by atoms with Crippen LogP contribution in [0.25, 0.3) is 0 Å². The lowest BCUT2D eigenvalue weighted by atomic mass is 9.61. The molecule has 0 spiro atoms. The van der Waals surface area contributed by atoms with Gasteiger partial charge in [-0.3, -0.25) is 4.79 Å². The molecule has 2 aliphatic carbocycles. The van der Waals surface area contributed by atoms with E-state index in [0.717, 1.165) is 0 Å². The van der Waals surface area contributed by atoms with Crippen LogP contribution in [0.2, 0.25) is 0 Å². The average molecular weight is 208 g/mol. The van der Waals surface area contributed by atoms with E-state index in [4.69, 9.17) is 4.74 Å². The number of fused-ring (bicyclic) bond motifs is 1. The van der Waals surface area contributed by atoms with Crippen molar-refractivity contribution < 1.29 is 9.53 Å². The van der Waals surface area contributed by atoms with E-state index < -0.39 is 0 Å². The second-order valence-electron chi connectivity index (χ2n) is 6.27. The Balaban J connectivity index is 2.07. The number of hydrogen-bond donors (Lipinski definition) is 0. The maximum atomic E-state index is 11.8. The SMILES string of the molecule is CC1C2C(=O)OC3C2CC1C3(C)C(C)C. The van der Waals surface area contributed by atoms with Crippen molar-refractivity contribution in [2.24, 2.45) is 35.0 Å². The lowest BCUT2D eigenvalue weighted by Crippen LogP contribution is -2.44. The summed E-state index contributed by atoms with van der Waals surface area (Å²) in [6, 6.07) is 0. The Morgan fingerprint density at radius 1 is 1.47 bits per heavy atom. The van der Waals surface area contributed by atoms with E-state index in [1.165, 1.54) is 6.42 Å². The fraction of sp³-hybridized carbons (Fsp3) is 0.923. The quantitative estimate of drug-likeness (QED) is 0.619. The number of ether oxygens (including phenoxy) is 1. The second kappa shape index (κ2) is 2.58. The Morgan fingerprint density at radius 3 is 2.73 bits per heavy atom. The standard InChI is InChI=1S/C13H20O2/c1-6(2)13(4)9-5-8-10(7(9)3)12(14)15-11(8)13/h6-11H,5H2,1-4H3. The van der Waals surface area contributed by atoms with Crippen LogP contribution in [0.3, 0.4) is 0 Å². The molecule has 1 saturated heterocycles. The molecule has 2 bridgehead atoms. The molecule has 2 nitrogen and oxygen atoms in total. The first-order valence-corrected chi connectivity index (χ1v) is 6.18. The summed E-state index contributed by atoms with van der Waals surface area (Å²) in [5.74, 6) is 2.69. The minimum atomic E-state index is 0.0874. The van der Waals surface area contributed by atoms with Gasteiger partial charge in [0.1, 0.15) is 6.10 Å². The summed E-state index contributed by atoms with van der Waals surface area (Å²) in [6.07, 6.45) is 1.44. The molecule has 3 fully saturated rings. The number of esters is 1. The molecular formula is C13H20O2. The molecule has 1 heterocycles. The number of rotatable bonds is 1. The van der Waals surface area contributed by atoms with Crippen LogP contribution in [0.5, 0.6) is 0 Å². The van der Waals surface area contributed by atoms with Crippen molar-refractivity contribution in [1.29, 1.82) is 0 Å². The zero-order valence-electron chi connectivity index (χ0n) is 9.99. The zero-order valence-corrected chi connectivity index (χ0v) is 9.99. The highest BCUT2D eigenvalue weighted by molar-refractivity contribution is 5.77. The molecule has 2 saturated carbocycles. The highest BCUT2D eigenvalue weighted by Crippen LogP contribution is 2.67. The fourth-order valence-electron chi connectivity index (χ4n) is 4.66. The van der Waals surface area contributed by atoms with Crippen LogP contribution in [0.15, 0.2) is 0 Å². The minimum absolute atomic E-state index is 0.0874. The lowest BCUT2D eigenvalue weighted by Gasteiger charge is -2.43. The molecular weight excluding hydrogens is 188 g/mol. The molecule has 6 unspecified atom stereocenters. The van der Waals surface area contributed by atoms with Gasteiger partial charge in [-0.15, -0.1) is 0 Å². The largest absolute Gasteiger partial charge is 0.461 e. The van der Waals surface area contributed by atoms with E-state index in [1.807, 2.05) is 0 Å². The summed E-state index contributed by atoms with van der Waals surface area (Å²) in [7, 11) is 0. The number of hydrogen-bond acceptors (Lipinski definition) is 2. The van der Waals surface area contributed by atoms with Gasteiger partial charge in [-0.1, -0.05) is 27.7 Å². The summed E-state index contributed by atoms with van der Waals surface area (Å²) in [4.78, 5) is 11.8. The van der Waals surface area contributed by atoms with E-state index in [1.54, 1.807) is 0 Å². The van der Waals surface area contributed by atoms with Crippen molar-refractivity contribution in [2.45, 2.75) is 40.2 Å². The molecule has 0 amide bonds. The number of carbonyl (C=O) groups is 1. The van der Waals surface area contributed by atoms with E-state index in [0.29, 0.717) is 23.7 Å². The maximum absolute atomic E-state index is 11.8. The first-order chi connectivity index (χ1) is 6.98. The van der Waals surface area contributed by atoms with Crippen LogP contribution < -0.4 is 0 Å². The van der Waals surface area contributed by atoms with Crippen LogP contribution >= 0.6 is 0 Å². The molecule has 0 aromatic rings. The summed E-state index contributed by atoms with van der Waals surface area (Å²) >= 11 is 0. The monoisotopic (exact) mass is 208 g/mol. The molecule has 3 aliphatic rings. The predicted molar refractivity (Wildman–Crippen MR) is 57.1 cm³/mol. The Morgan fingerprint density at radius 2 is 2.13 bits per heavy atom. The van der Waals surface area contributed by atoms with Crippen molar-refractivity contribution in [3.05, 3.63) is 0 Å². The van der Waals surface area contributed by atoms with Gasteiger partial charge in [0.25, 0.3) is 0 Å². The normalized spacial score (nSPS) is 56.6. The lowest BCUT2D eigenvalue weighted by molar-refractivity contribution is -0.147. The van der Waals surface area contributed by atoms with Crippen molar-refractivity contribution in [3.63, 3.8) is 0 Å².